The minimum atomic E-state index is -4.60. The lowest BCUT2D eigenvalue weighted by atomic mass is 10.2. The second-order valence-corrected chi connectivity index (χ2v) is 4.94. The van der Waals surface area contributed by atoms with Gasteiger partial charge in [0.1, 0.15) is 5.52 Å². The number of hydrogen-bond acceptors (Lipinski definition) is 4. The molecule has 0 spiro atoms. The Morgan fingerprint density at radius 1 is 1.32 bits per heavy atom. The molecule has 1 N–H and O–H groups in total. The number of aryl methyl sites for hydroxylation is 2. The largest absolute Gasteiger partial charge is 0.468 e. The Hall–Kier alpha value is -2.51. The Kier molecular flexibility index (Phi) is 3.31. The summed E-state index contributed by atoms with van der Waals surface area (Å²) < 4.78 is 44.5. The second-order valence-electron chi connectivity index (χ2n) is 4.94. The number of aromatic nitrogens is 3. The van der Waals surface area contributed by atoms with Crippen LogP contribution in [0.3, 0.4) is 0 Å². The van der Waals surface area contributed by atoms with Gasteiger partial charge in [-0.15, -0.1) is 0 Å². The van der Waals surface area contributed by atoms with Gasteiger partial charge in [-0.2, -0.15) is 18.3 Å². The van der Waals surface area contributed by atoms with Crippen LogP contribution in [0.15, 0.2) is 28.8 Å². The van der Waals surface area contributed by atoms with Crippen molar-refractivity contribution in [3.05, 3.63) is 41.5 Å². The molecule has 22 heavy (non-hydrogen) atoms. The van der Waals surface area contributed by atoms with Crippen molar-refractivity contribution in [3.63, 3.8) is 0 Å². The minimum absolute atomic E-state index is 0.0974. The standard InChI is InChI=1S/C14H13F3N4O/c1-8-9(7-21(2)20-8)6-18-10-4-3-5-11-12(10)19-13(22-11)14(15,16)17/h3-5,7,18H,6H2,1-2H3. The highest BCUT2D eigenvalue weighted by Crippen LogP contribution is 2.33. The van der Waals surface area contributed by atoms with Crippen molar-refractivity contribution in [1.82, 2.24) is 14.8 Å². The van der Waals surface area contributed by atoms with Gasteiger partial charge in [-0.1, -0.05) is 6.07 Å². The van der Waals surface area contributed by atoms with Gasteiger partial charge >= 0.3 is 12.1 Å². The normalized spacial score (nSPS) is 12.0. The van der Waals surface area contributed by atoms with Crippen LogP contribution < -0.4 is 5.32 Å². The average molecular weight is 310 g/mol. The number of rotatable bonds is 3. The van der Waals surface area contributed by atoms with Crippen molar-refractivity contribution in [2.45, 2.75) is 19.6 Å². The van der Waals surface area contributed by atoms with Gasteiger partial charge in [0.15, 0.2) is 5.58 Å². The maximum Gasteiger partial charge on any atom is 0.468 e. The van der Waals surface area contributed by atoms with E-state index in [0.29, 0.717) is 12.2 Å². The number of nitrogens with zero attached hydrogens (tertiary/aromatic N) is 3. The van der Waals surface area contributed by atoms with E-state index in [0.717, 1.165) is 11.3 Å². The highest BCUT2D eigenvalue weighted by Gasteiger charge is 2.37. The summed E-state index contributed by atoms with van der Waals surface area (Å²) in [7, 11) is 1.81. The van der Waals surface area contributed by atoms with Crippen LogP contribution >= 0.6 is 0 Å². The zero-order valence-electron chi connectivity index (χ0n) is 11.9. The molecule has 2 aromatic heterocycles. The first kappa shape index (κ1) is 14.4. The lowest BCUT2D eigenvalue weighted by Gasteiger charge is -2.05. The molecule has 0 bridgehead atoms. The van der Waals surface area contributed by atoms with Crippen molar-refractivity contribution in [2.75, 3.05) is 5.32 Å². The van der Waals surface area contributed by atoms with E-state index in [1.807, 2.05) is 20.2 Å². The fraction of sp³-hybridized carbons (Fsp3) is 0.286. The highest BCUT2D eigenvalue weighted by molar-refractivity contribution is 5.86. The first-order chi connectivity index (χ1) is 10.3. The van der Waals surface area contributed by atoms with Gasteiger partial charge in [0.25, 0.3) is 0 Å². The molecule has 0 aliphatic carbocycles. The number of fused-ring (bicyclic) bond motifs is 1. The molecule has 3 aromatic rings. The van der Waals surface area contributed by atoms with E-state index in [1.165, 1.54) is 6.07 Å². The SMILES string of the molecule is Cc1nn(C)cc1CNc1cccc2oc(C(F)(F)F)nc12. The molecule has 0 fully saturated rings. The van der Waals surface area contributed by atoms with Gasteiger partial charge in [0.2, 0.25) is 0 Å². The fourth-order valence-electron chi connectivity index (χ4n) is 2.23. The predicted octanol–water partition coefficient (Wildman–Crippen LogP) is 3.50. The summed E-state index contributed by atoms with van der Waals surface area (Å²) in [5.74, 6) is -1.24. The number of alkyl halides is 3. The van der Waals surface area contributed by atoms with E-state index in [4.69, 9.17) is 4.42 Å². The van der Waals surface area contributed by atoms with Gasteiger partial charge in [-0.3, -0.25) is 4.68 Å². The van der Waals surface area contributed by atoms with Crippen LogP contribution in [0.1, 0.15) is 17.1 Å². The number of anilines is 1. The molecule has 0 amide bonds. The molecule has 0 unspecified atom stereocenters. The third kappa shape index (κ3) is 2.63. The van der Waals surface area contributed by atoms with Crippen LogP contribution in [-0.4, -0.2) is 14.8 Å². The first-order valence-corrected chi connectivity index (χ1v) is 6.54. The van der Waals surface area contributed by atoms with Crippen LogP contribution in [0.4, 0.5) is 18.9 Å². The van der Waals surface area contributed by atoms with Crippen molar-refractivity contribution >= 4 is 16.8 Å². The summed E-state index contributed by atoms with van der Waals surface area (Å²) in [6.45, 7) is 2.31. The molecule has 0 atom stereocenters. The molecule has 2 heterocycles. The molecule has 116 valence electrons. The predicted molar refractivity (Wildman–Crippen MR) is 74.3 cm³/mol. The second kappa shape index (κ2) is 5.04. The third-order valence-electron chi connectivity index (χ3n) is 3.25. The lowest BCUT2D eigenvalue weighted by molar-refractivity contribution is -0.156. The Bertz CT molecular complexity index is 819. The van der Waals surface area contributed by atoms with Crippen LogP contribution in [0.5, 0.6) is 0 Å². The summed E-state index contributed by atoms with van der Waals surface area (Å²) in [5, 5.41) is 7.30. The van der Waals surface area contributed by atoms with Gasteiger partial charge in [-0.25, -0.2) is 4.98 Å². The molecule has 0 aliphatic rings. The van der Waals surface area contributed by atoms with Gasteiger partial charge in [-0.05, 0) is 19.1 Å². The van der Waals surface area contributed by atoms with Crippen molar-refractivity contribution in [1.29, 1.82) is 0 Å². The molecule has 1 aromatic carbocycles. The van der Waals surface area contributed by atoms with Crippen molar-refractivity contribution in [2.24, 2.45) is 7.05 Å². The summed E-state index contributed by atoms with van der Waals surface area (Å²) in [6.07, 6.45) is -2.75. The molecular formula is C14H13F3N4O. The van der Waals surface area contributed by atoms with E-state index in [1.54, 1.807) is 16.8 Å². The van der Waals surface area contributed by atoms with Crippen LogP contribution in [0.2, 0.25) is 0 Å². The Morgan fingerprint density at radius 3 is 2.73 bits per heavy atom. The summed E-state index contributed by atoms with van der Waals surface area (Å²) in [6, 6.07) is 4.74. The number of halogens is 3. The Labute approximate surface area is 123 Å². The minimum Gasteiger partial charge on any atom is -0.433 e. The number of para-hydroxylation sites is 1. The van der Waals surface area contributed by atoms with Crippen LogP contribution in [0, 0.1) is 6.92 Å². The molecule has 0 saturated carbocycles. The van der Waals surface area contributed by atoms with Crippen LogP contribution in [-0.2, 0) is 19.8 Å². The van der Waals surface area contributed by atoms with Gasteiger partial charge < -0.3 is 9.73 Å². The molecule has 0 radical (unpaired) electrons. The zero-order chi connectivity index (χ0) is 15.9. The van der Waals surface area contributed by atoms with E-state index < -0.39 is 12.1 Å². The monoisotopic (exact) mass is 310 g/mol. The molecular weight excluding hydrogens is 297 g/mol. The maximum absolute atomic E-state index is 12.7. The van der Waals surface area contributed by atoms with Gasteiger partial charge in [0.05, 0.1) is 11.4 Å². The zero-order valence-corrected chi connectivity index (χ0v) is 11.9. The molecule has 5 nitrogen and oxygen atoms in total. The third-order valence-corrected chi connectivity index (χ3v) is 3.25. The quantitative estimate of drug-likeness (QED) is 0.804. The smallest absolute Gasteiger partial charge is 0.433 e. The molecule has 8 heteroatoms. The summed E-state index contributed by atoms with van der Waals surface area (Å²) in [4.78, 5) is 3.55. The highest BCUT2D eigenvalue weighted by atomic mass is 19.4. The van der Waals surface area contributed by atoms with Crippen LogP contribution in [0.25, 0.3) is 11.1 Å². The molecule has 3 rings (SSSR count). The Balaban J connectivity index is 1.90. The lowest BCUT2D eigenvalue weighted by Crippen LogP contribution is -2.05. The van der Waals surface area contributed by atoms with E-state index in [2.05, 4.69) is 15.4 Å². The number of benzene rings is 1. The van der Waals surface area contributed by atoms with Crippen molar-refractivity contribution in [3.8, 4) is 0 Å². The number of nitrogens with one attached hydrogen (secondary N) is 1. The average Bonchev–Trinajstić information content (AvgIpc) is 2.99. The van der Waals surface area contributed by atoms with E-state index >= 15 is 0 Å². The number of oxazole rings is 1. The topological polar surface area (TPSA) is 55.9 Å². The number of hydrogen-bond donors (Lipinski definition) is 1. The fourth-order valence-corrected chi connectivity index (χ4v) is 2.23. The summed E-state index contributed by atoms with van der Waals surface area (Å²) in [5.41, 5.74) is 2.56. The van der Waals surface area contributed by atoms with Crippen molar-refractivity contribution < 1.29 is 17.6 Å². The maximum atomic E-state index is 12.7. The van der Waals surface area contributed by atoms with E-state index in [-0.39, 0.29) is 11.1 Å². The van der Waals surface area contributed by atoms with E-state index in [9.17, 15) is 13.2 Å². The van der Waals surface area contributed by atoms with Gasteiger partial charge in [0, 0.05) is 25.4 Å². The summed E-state index contributed by atoms with van der Waals surface area (Å²) >= 11 is 0. The first-order valence-electron chi connectivity index (χ1n) is 6.54. The molecule has 0 aliphatic heterocycles. The molecule has 0 saturated heterocycles. The Morgan fingerprint density at radius 2 is 2.09 bits per heavy atom.